The van der Waals surface area contributed by atoms with Gasteiger partial charge >= 0.3 is 0 Å². The second-order valence-electron chi connectivity index (χ2n) is 6.53. The molecule has 1 N–H and O–H groups in total. The van der Waals surface area contributed by atoms with Gasteiger partial charge in [-0.25, -0.2) is 0 Å². The minimum absolute atomic E-state index is 0.157. The lowest BCUT2D eigenvalue weighted by molar-refractivity contribution is -0.117. The van der Waals surface area contributed by atoms with Crippen LogP contribution in [0.2, 0.25) is 5.02 Å². The van der Waals surface area contributed by atoms with Crippen LogP contribution in [-0.4, -0.2) is 5.91 Å². The number of allylic oxidation sites excluding steroid dienone is 4. The zero-order chi connectivity index (χ0) is 16.1. The lowest BCUT2D eigenvalue weighted by Gasteiger charge is -2.05. The first-order chi connectivity index (χ1) is 11.3. The van der Waals surface area contributed by atoms with Crippen molar-refractivity contribution in [1.29, 1.82) is 0 Å². The maximum atomic E-state index is 12.6. The zero-order valence-electron chi connectivity index (χ0n) is 13.4. The quantitative estimate of drug-likeness (QED) is 0.702. The summed E-state index contributed by atoms with van der Waals surface area (Å²) in [6.07, 6.45) is 15.8. The van der Waals surface area contributed by atoms with Gasteiger partial charge in [-0.1, -0.05) is 42.0 Å². The molecule has 2 atom stereocenters. The number of benzene rings is 1. The molecule has 2 nitrogen and oxygen atoms in total. The third kappa shape index (κ3) is 4.48. The average Bonchev–Trinajstić information content (AvgIpc) is 3.20. The lowest BCUT2D eigenvalue weighted by atomic mass is 10.1. The second kappa shape index (κ2) is 7.83. The Morgan fingerprint density at radius 2 is 1.57 bits per heavy atom. The molecule has 122 valence electrons. The van der Waals surface area contributed by atoms with Gasteiger partial charge < -0.3 is 5.32 Å². The first-order valence-electron chi connectivity index (χ1n) is 8.62. The van der Waals surface area contributed by atoms with E-state index in [1.54, 1.807) is 6.07 Å². The molecule has 0 spiro atoms. The van der Waals surface area contributed by atoms with Gasteiger partial charge in [-0.2, -0.15) is 0 Å². The molecule has 1 aromatic carbocycles. The molecule has 2 aliphatic rings. The van der Waals surface area contributed by atoms with Crippen LogP contribution < -0.4 is 5.32 Å². The van der Waals surface area contributed by atoms with Gasteiger partial charge in [0.15, 0.2) is 0 Å². The molecule has 0 saturated heterocycles. The van der Waals surface area contributed by atoms with E-state index in [-0.39, 0.29) is 11.8 Å². The summed E-state index contributed by atoms with van der Waals surface area (Å²) in [6, 6.07) is 7.38. The Morgan fingerprint density at radius 3 is 2.17 bits per heavy atom. The number of anilines is 1. The molecule has 2 aliphatic carbocycles. The van der Waals surface area contributed by atoms with Gasteiger partial charge in [0.1, 0.15) is 0 Å². The molecule has 23 heavy (non-hydrogen) atoms. The summed E-state index contributed by atoms with van der Waals surface area (Å²) >= 11 is 5.99. The van der Waals surface area contributed by atoms with Crippen LogP contribution in [0.4, 0.5) is 5.69 Å². The van der Waals surface area contributed by atoms with Crippen LogP contribution in [0.1, 0.15) is 38.5 Å². The Kier molecular flexibility index (Phi) is 5.56. The molecule has 0 aliphatic heterocycles. The van der Waals surface area contributed by atoms with Crippen LogP contribution in [0.25, 0.3) is 0 Å². The first-order valence-corrected chi connectivity index (χ1v) is 9.00. The molecule has 0 aromatic heterocycles. The standard InChI is InChI=1S/C20H24ClNO/c21-15-10-9-11-16(14-15)22-20(23)19-17-12-7-5-3-1-2-4-6-8-13-18(17)19/h3-6,9-11,14,17-19H,1-2,7-8,12-13H2,(H,22,23)/t17-,18-,19?/m0/s1. The van der Waals surface area contributed by atoms with E-state index in [1.165, 1.54) is 0 Å². The fraction of sp³-hybridized carbons (Fsp3) is 0.450. The van der Waals surface area contributed by atoms with Gasteiger partial charge in [-0.05, 0) is 68.6 Å². The van der Waals surface area contributed by atoms with Crippen LogP contribution in [0.15, 0.2) is 48.6 Å². The summed E-state index contributed by atoms with van der Waals surface area (Å²) in [7, 11) is 0. The fourth-order valence-corrected chi connectivity index (χ4v) is 3.84. The van der Waals surface area contributed by atoms with Crippen molar-refractivity contribution < 1.29 is 4.79 Å². The molecule has 0 radical (unpaired) electrons. The normalized spacial score (nSPS) is 27.4. The minimum Gasteiger partial charge on any atom is -0.326 e. The largest absolute Gasteiger partial charge is 0.326 e. The SMILES string of the molecule is O=C(Nc1cccc(Cl)c1)C1[C@H]2CCC=CCCC=CCC[C@H]12. The topological polar surface area (TPSA) is 29.1 Å². The Hall–Kier alpha value is -1.54. The Bertz CT molecular complexity index is 583. The number of carbonyl (C=O) groups excluding carboxylic acids is 1. The summed E-state index contributed by atoms with van der Waals surface area (Å²) < 4.78 is 0. The third-order valence-corrected chi connectivity index (χ3v) is 5.13. The van der Waals surface area contributed by atoms with Crippen molar-refractivity contribution in [3.05, 3.63) is 53.6 Å². The number of hydrogen-bond acceptors (Lipinski definition) is 1. The number of amides is 1. The van der Waals surface area contributed by atoms with E-state index < -0.39 is 0 Å². The van der Waals surface area contributed by atoms with Crippen molar-refractivity contribution in [3.63, 3.8) is 0 Å². The predicted molar refractivity (Wildman–Crippen MR) is 96.5 cm³/mol. The Morgan fingerprint density at radius 1 is 0.957 bits per heavy atom. The predicted octanol–water partition coefficient (Wildman–Crippen LogP) is 5.61. The van der Waals surface area contributed by atoms with E-state index in [4.69, 9.17) is 11.6 Å². The molecule has 3 heteroatoms. The summed E-state index contributed by atoms with van der Waals surface area (Å²) in [5, 5.41) is 3.69. The van der Waals surface area contributed by atoms with Crippen molar-refractivity contribution in [2.75, 3.05) is 5.32 Å². The van der Waals surface area contributed by atoms with Crippen molar-refractivity contribution in [2.24, 2.45) is 17.8 Å². The minimum atomic E-state index is 0.157. The fourth-order valence-electron chi connectivity index (χ4n) is 3.65. The summed E-state index contributed by atoms with van der Waals surface area (Å²) in [5.74, 6) is 1.39. The van der Waals surface area contributed by atoms with Crippen molar-refractivity contribution >= 4 is 23.2 Å². The molecule has 0 heterocycles. The van der Waals surface area contributed by atoms with Gasteiger partial charge in [0.2, 0.25) is 5.91 Å². The lowest BCUT2D eigenvalue weighted by Crippen LogP contribution is -2.15. The number of carbonyl (C=O) groups is 1. The summed E-state index contributed by atoms with van der Waals surface area (Å²) in [6.45, 7) is 0. The molecule has 0 unspecified atom stereocenters. The number of fused-ring (bicyclic) bond motifs is 1. The van der Waals surface area contributed by atoms with E-state index in [0.29, 0.717) is 16.9 Å². The highest BCUT2D eigenvalue weighted by Crippen LogP contribution is 2.52. The van der Waals surface area contributed by atoms with Crippen LogP contribution >= 0.6 is 11.6 Å². The van der Waals surface area contributed by atoms with E-state index in [0.717, 1.165) is 44.2 Å². The van der Waals surface area contributed by atoms with Crippen LogP contribution in [0.3, 0.4) is 0 Å². The monoisotopic (exact) mass is 329 g/mol. The van der Waals surface area contributed by atoms with Gasteiger partial charge in [0.25, 0.3) is 0 Å². The van der Waals surface area contributed by atoms with E-state index in [2.05, 4.69) is 29.6 Å². The maximum absolute atomic E-state index is 12.6. The first kappa shape index (κ1) is 16.3. The van der Waals surface area contributed by atoms with Crippen LogP contribution in [0.5, 0.6) is 0 Å². The highest BCUT2D eigenvalue weighted by Gasteiger charge is 2.52. The maximum Gasteiger partial charge on any atom is 0.228 e. The van der Waals surface area contributed by atoms with Crippen LogP contribution in [-0.2, 0) is 4.79 Å². The van der Waals surface area contributed by atoms with Gasteiger partial charge in [-0.3, -0.25) is 4.79 Å². The molecule has 1 fully saturated rings. The number of nitrogens with one attached hydrogen (secondary N) is 1. The van der Waals surface area contributed by atoms with Gasteiger partial charge in [-0.15, -0.1) is 0 Å². The number of halogens is 1. The number of hydrogen-bond donors (Lipinski definition) is 1. The molecule has 0 bridgehead atoms. The Labute approximate surface area is 143 Å². The number of rotatable bonds is 2. The average molecular weight is 330 g/mol. The smallest absolute Gasteiger partial charge is 0.228 e. The summed E-state index contributed by atoms with van der Waals surface area (Å²) in [4.78, 5) is 12.6. The second-order valence-corrected chi connectivity index (χ2v) is 6.96. The Balaban J connectivity index is 1.61. The third-order valence-electron chi connectivity index (χ3n) is 4.89. The van der Waals surface area contributed by atoms with E-state index in [1.807, 2.05) is 18.2 Å². The molecule has 1 aromatic rings. The van der Waals surface area contributed by atoms with Crippen LogP contribution in [0, 0.1) is 17.8 Å². The molecule has 1 amide bonds. The van der Waals surface area contributed by atoms with E-state index >= 15 is 0 Å². The highest BCUT2D eigenvalue weighted by atomic mass is 35.5. The molecule has 1 saturated carbocycles. The van der Waals surface area contributed by atoms with Gasteiger partial charge in [0, 0.05) is 16.6 Å². The van der Waals surface area contributed by atoms with E-state index in [9.17, 15) is 4.79 Å². The summed E-state index contributed by atoms with van der Waals surface area (Å²) in [5.41, 5.74) is 0.796. The molecular formula is C20H24ClNO. The highest BCUT2D eigenvalue weighted by molar-refractivity contribution is 6.30. The van der Waals surface area contributed by atoms with Crippen molar-refractivity contribution in [3.8, 4) is 0 Å². The zero-order valence-corrected chi connectivity index (χ0v) is 14.1. The van der Waals surface area contributed by atoms with Crippen molar-refractivity contribution in [2.45, 2.75) is 38.5 Å². The molecular weight excluding hydrogens is 306 g/mol. The molecule has 3 rings (SSSR count). The van der Waals surface area contributed by atoms with Gasteiger partial charge in [0.05, 0.1) is 0 Å². The van der Waals surface area contributed by atoms with Crippen molar-refractivity contribution in [1.82, 2.24) is 0 Å².